The highest BCUT2D eigenvalue weighted by atomic mass is 32.2. The van der Waals surface area contributed by atoms with Crippen molar-refractivity contribution in [3.63, 3.8) is 0 Å². The third-order valence-electron chi connectivity index (χ3n) is 5.11. The average molecular weight is 521 g/mol. The number of aromatic nitrogens is 2. The number of amides is 2. The van der Waals surface area contributed by atoms with Gasteiger partial charge < -0.3 is 14.8 Å². The Balaban J connectivity index is 1.47. The summed E-state index contributed by atoms with van der Waals surface area (Å²) in [6, 6.07) is 21.9. The Morgan fingerprint density at radius 1 is 0.889 bits per heavy atom. The van der Waals surface area contributed by atoms with Crippen LogP contribution in [0.15, 0.2) is 77.7 Å². The Morgan fingerprint density at radius 3 is 2.25 bits per heavy atom. The van der Waals surface area contributed by atoms with E-state index in [4.69, 9.17) is 9.47 Å². The molecule has 4 aromatic rings. The van der Waals surface area contributed by atoms with E-state index in [0.29, 0.717) is 27.9 Å². The Labute approximate surface area is 217 Å². The van der Waals surface area contributed by atoms with Crippen molar-refractivity contribution in [3.05, 3.63) is 88.9 Å². The molecule has 0 radical (unpaired) electrons. The number of hydrogen-bond acceptors (Lipinski definition) is 8. The smallest absolute Gasteiger partial charge is 0.255 e. The zero-order valence-electron chi connectivity index (χ0n) is 19.8. The van der Waals surface area contributed by atoms with Crippen molar-refractivity contribution >= 4 is 45.7 Å². The van der Waals surface area contributed by atoms with E-state index >= 15 is 0 Å². The van der Waals surface area contributed by atoms with E-state index in [-0.39, 0.29) is 11.8 Å². The van der Waals surface area contributed by atoms with Crippen LogP contribution in [-0.4, -0.2) is 36.2 Å². The van der Waals surface area contributed by atoms with Crippen LogP contribution in [0.2, 0.25) is 0 Å². The van der Waals surface area contributed by atoms with Gasteiger partial charge in [-0.05, 0) is 55.0 Å². The first-order chi connectivity index (χ1) is 17.5. The van der Waals surface area contributed by atoms with Gasteiger partial charge in [0.25, 0.3) is 5.91 Å². The molecule has 1 aromatic heterocycles. The van der Waals surface area contributed by atoms with Gasteiger partial charge >= 0.3 is 0 Å². The number of rotatable bonds is 9. The van der Waals surface area contributed by atoms with Crippen LogP contribution in [0.3, 0.4) is 0 Å². The summed E-state index contributed by atoms with van der Waals surface area (Å²) in [5.41, 5.74) is 1.94. The fourth-order valence-corrected chi connectivity index (χ4v) is 4.97. The maximum absolute atomic E-state index is 13.1. The van der Waals surface area contributed by atoms with E-state index in [9.17, 15) is 9.59 Å². The number of aryl methyl sites for hydroxylation is 1. The van der Waals surface area contributed by atoms with Crippen molar-refractivity contribution in [2.45, 2.75) is 17.1 Å². The number of thioether (sulfide) groups is 1. The standard InChI is InChI=1S/C26H24N4O4S2/c1-16-29-30-26(35-16)28-25(32)23(17-7-5-4-6-8-17)36-20-12-10-19(11-13-20)27-24(31)18-9-14-21(33-2)22(15-18)34-3/h4-15,23H,1-3H3,(H,27,31)(H,28,30,32). The van der Waals surface area contributed by atoms with Gasteiger partial charge in [-0.3, -0.25) is 14.9 Å². The molecule has 0 spiro atoms. The van der Waals surface area contributed by atoms with Crippen LogP contribution in [0.1, 0.15) is 26.2 Å². The van der Waals surface area contributed by atoms with Crippen LogP contribution in [0.5, 0.6) is 11.5 Å². The second kappa shape index (κ2) is 11.7. The maximum atomic E-state index is 13.1. The van der Waals surface area contributed by atoms with E-state index in [1.165, 1.54) is 30.2 Å². The summed E-state index contributed by atoms with van der Waals surface area (Å²) in [4.78, 5) is 26.7. The number of ether oxygens (including phenoxy) is 2. The number of carbonyl (C=O) groups is 2. The van der Waals surface area contributed by atoms with Gasteiger partial charge in [0.1, 0.15) is 10.3 Å². The fourth-order valence-electron chi connectivity index (χ4n) is 3.35. The van der Waals surface area contributed by atoms with Gasteiger partial charge in [-0.2, -0.15) is 0 Å². The van der Waals surface area contributed by atoms with Crippen LogP contribution in [0.4, 0.5) is 10.8 Å². The highest BCUT2D eigenvalue weighted by Crippen LogP contribution is 2.37. The van der Waals surface area contributed by atoms with Crippen LogP contribution in [0, 0.1) is 6.92 Å². The average Bonchev–Trinajstić information content (AvgIpc) is 3.32. The molecule has 4 rings (SSSR count). The van der Waals surface area contributed by atoms with Crippen LogP contribution >= 0.6 is 23.1 Å². The molecule has 0 aliphatic heterocycles. The van der Waals surface area contributed by atoms with Crippen molar-refractivity contribution in [3.8, 4) is 11.5 Å². The summed E-state index contributed by atoms with van der Waals surface area (Å²) in [5, 5.41) is 14.4. The molecule has 3 aromatic carbocycles. The molecule has 2 amide bonds. The Bertz CT molecular complexity index is 1340. The summed E-state index contributed by atoms with van der Waals surface area (Å²) in [6.07, 6.45) is 0. The predicted molar refractivity (Wildman–Crippen MR) is 142 cm³/mol. The van der Waals surface area contributed by atoms with Crippen molar-refractivity contribution in [2.75, 3.05) is 24.9 Å². The molecule has 1 heterocycles. The Kier molecular flexibility index (Phi) is 8.19. The quantitative estimate of drug-likeness (QED) is 0.277. The number of nitrogens with one attached hydrogen (secondary N) is 2. The summed E-state index contributed by atoms with van der Waals surface area (Å²) < 4.78 is 10.5. The minimum Gasteiger partial charge on any atom is -0.493 e. The zero-order valence-corrected chi connectivity index (χ0v) is 21.5. The molecule has 0 saturated heterocycles. The topological polar surface area (TPSA) is 102 Å². The van der Waals surface area contributed by atoms with Crippen LogP contribution < -0.4 is 20.1 Å². The zero-order chi connectivity index (χ0) is 25.5. The monoisotopic (exact) mass is 520 g/mol. The highest BCUT2D eigenvalue weighted by Gasteiger charge is 2.23. The van der Waals surface area contributed by atoms with E-state index in [2.05, 4.69) is 20.8 Å². The lowest BCUT2D eigenvalue weighted by Crippen LogP contribution is -2.19. The van der Waals surface area contributed by atoms with Crippen LogP contribution in [0.25, 0.3) is 0 Å². The minimum absolute atomic E-state index is 0.187. The number of hydrogen-bond donors (Lipinski definition) is 2. The molecule has 1 atom stereocenters. The number of anilines is 2. The highest BCUT2D eigenvalue weighted by molar-refractivity contribution is 8.00. The molecule has 10 heteroatoms. The second-order valence-electron chi connectivity index (χ2n) is 7.57. The van der Waals surface area contributed by atoms with E-state index < -0.39 is 5.25 Å². The molecule has 0 aliphatic carbocycles. The van der Waals surface area contributed by atoms with Crippen molar-refractivity contribution in [2.24, 2.45) is 0 Å². The molecule has 1 unspecified atom stereocenters. The largest absolute Gasteiger partial charge is 0.493 e. The summed E-state index contributed by atoms with van der Waals surface area (Å²) in [6.45, 7) is 1.84. The minimum atomic E-state index is -0.498. The summed E-state index contributed by atoms with van der Waals surface area (Å²) in [5.74, 6) is 0.568. The van der Waals surface area contributed by atoms with Crippen molar-refractivity contribution in [1.29, 1.82) is 0 Å². The fraction of sp³-hybridized carbons (Fsp3) is 0.154. The Morgan fingerprint density at radius 2 is 1.61 bits per heavy atom. The van der Waals surface area contributed by atoms with E-state index in [0.717, 1.165) is 15.5 Å². The first-order valence-electron chi connectivity index (χ1n) is 10.9. The van der Waals surface area contributed by atoms with Crippen molar-refractivity contribution in [1.82, 2.24) is 10.2 Å². The van der Waals surface area contributed by atoms with E-state index in [1.807, 2.05) is 49.4 Å². The lowest BCUT2D eigenvalue weighted by Gasteiger charge is -2.16. The normalized spacial score (nSPS) is 11.4. The number of benzene rings is 3. The Hall–Kier alpha value is -3.89. The molecule has 0 aliphatic rings. The molecule has 0 bridgehead atoms. The molecular weight excluding hydrogens is 496 g/mol. The van der Waals surface area contributed by atoms with Gasteiger partial charge in [0, 0.05) is 16.1 Å². The summed E-state index contributed by atoms with van der Waals surface area (Å²) in [7, 11) is 3.06. The SMILES string of the molecule is COc1ccc(C(=O)Nc2ccc(SC(C(=O)Nc3nnc(C)s3)c3ccccc3)cc2)cc1OC. The van der Waals surface area contributed by atoms with Gasteiger partial charge in [-0.15, -0.1) is 22.0 Å². The number of carbonyl (C=O) groups excluding carboxylic acids is 2. The molecule has 0 fully saturated rings. The number of methoxy groups -OCH3 is 2. The molecule has 184 valence electrons. The van der Waals surface area contributed by atoms with Gasteiger partial charge in [0.2, 0.25) is 11.0 Å². The van der Waals surface area contributed by atoms with E-state index in [1.54, 1.807) is 37.4 Å². The third kappa shape index (κ3) is 6.21. The molecular formula is C26H24N4O4S2. The second-order valence-corrected chi connectivity index (χ2v) is 9.93. The summed E-state index contributed by atoms with van der Waals surface area (Å²) >= 11 is 2.74. The van der Waals surface area contributed by atoms with Crippen molar-refractivity contribution < 1.29 is 19.1 Å². The third-order valence-corrected chi connectivity index (χ3v) is 7.13. The lowest BCUT2D eigenvalue weighted by atomic mass is 10.1. The van der Waals surface area contributed by atoms with Gasteiger partial charge in [0.15, 0.2) is 11.5 Å². The van der Waals surface area contributed by atoms with Gasteiger partial charge in [0.05, 0.1) is 14.2 Å². The molecule has 8 nitrogen and oxygen atoms in total. The van der Waals surface area contributed by atoms with Crippen LogP contribution in [-0.2, 0) is 4.79 Å². The lowest BCUT2D eigenvalue weighted by molar-refractivity contribution is -0.115. The number of nitrogens with zero attached hydrogens (tertiary/aromatic N) is 2. The predicted octanol–water partition coefficient (Wildman–Crippen LogP) is 5.59. The first-order valence-corrected chi connectivity index (χ1v) is 12.6. The molecule has 2 N–H and O–H groups in total. The van der Waals surface area contributed by atoms with Gasteiger partial charge in [-0.1, -0.05) is 41.7 Å². The first kappa shape index (κ1) is 25.2. The molecule has 36 heavy (non-hydrogen) atoms. The molecule has 0 saturated carbocycles. The van der Waals surface area contributed by atoms with Gasteiger partial charge in [-0.25, -0.2) is 0 Å². The maximum Gasteiger partial charge on any atom is 0.255 e.